The van der Waals surface area contributed by atoms with Crippen LogP contribution < -0.4 is 14.2 Å². The van der Waals surface area contributed by atoms with Crippen LogP contribution in [0.25, 0.3) is 33.4 Å². The van der Waals surface area contributed by atoms with E-state index in [1.165, 1.54) is 0 Å². The van der Waals surface area contributed by atoms with Crippen molar-refractivity contribution in [3.05, 3.63) is 48.7 Å². The molecular weight excluding hydrogens is 358 g/mol. The molecule has 4 rings (SSSR count). The maximum Gasteiger partial charge on any atom is 0.203 e. The van der Waals surface area contributed by atoms with Crippen molar-refractivity contribution in [1.29, 1.82) is 0 Å². The van der Waals surface area contributed by atoms with Gasteiger partial charge in [-0.3, -0.25) is 10.1 Å². The van der Waals surface area contributed by atoms with Crippen molar-refractivity contribution in [3.8, 4) is 45.5 Å². The highest BCUT2D eigenvalue weighted by atomic mass is 16.5. The van der Waals surface area contributed by atoms with E-state index in [4.69, 9.17) is 14.2 Å². The van der Waals surface area contributed by atoms with E-state index in [0.717, 1.165) is 22.0 Å². The van der Waals surface area contributed by atoms with E-state index in [-0.39, 0.29) is 5.75 Å². The number of aromatic amines is 1. The average Bonchev–Trinajstić information content (AvgIpc) is 3.17. The lowest BCUT2D eigenvalue weighted by molar-refractivity contribution is 0.324. The molecule has 28 heavy (non-hydrogen) atoms. The molecule has 7 heteroatoms. The molecule has 0 aliphatic rings. The molecule has 2 aromatic carbocycles. The van der Waals surface area contributed by atoms with Crippen LogP contribution >= 0.6 is 0 Å². The third kappa shape index (κ3) is 2.87. The molecule has 0 amide bonds. The standard InChI is InChI=1S/C21H19N3O4/c1-26-16-10-13(11-17(27-2)21(16)28-3)20-18-15(23-24-20)7-8-22-19(18)12-5-4-6-14(25)9-12/h4-11,25H,1-3H3,(H,23,24). The summed E-state index contributed by atoms with van der Waals surface area (Å²) in [5, 5.41) is 18.3. The third-order valence-electron chi connectivity index (χ3n) is 4.53. The van der Waals surface area contributed by atoms with Gasteiger partial charge in [0.05, 0.1) is 37.9 Å². The number of fused-ring (bicyclic) bond motifs is 1. The van der Waals surface area contributed by atoms with Crippen LogP contribution in [-0.2, 0) is 0 Å². The highest BCUT2D eigenvalue weighted by molar-refractivity contribution is 6.02. The largest absolute Gasteiger partial charge is 0.508 e. The van der Waals surface area contributed by atoms with Gasteiger partial charge in [-0.1, -0.05) is 12.1 Å². The molecule has 142 valence electrons. The highest BCUT2D eigenvalue weighted by Crippen LogP contribution is 2.43. The molecule has 2 N–H and O–H groups in total. The lowest BCUT2D eigenvalue weighted by atomic mass is 10.0. The molecule has 0 atom stereocenters. The summed E-state index contributed by atoms with van der Waals surface area (Å²) in [5.41, 5.74) is 3.82. The predicted molar refractivity (Wildman–Crippen MR) is 106 cm³/mol. The Labute approximate surface area is 161 Å². The van der Waals surface area contributed by atoms with Crippen molar-refractivity contribution < 1.29 is 19.3 Å². The number of phenols is 1. The lowest BCUT2D eigenvalue weighted by Crippen LogP contribution is -1.96. The number of nitrogens with zero attached hydrogens (tertiary/aromatic N) is 2. The minimum absolute atomic E-state index is 0.175. The molecule has 2 aromatic heterocycles. The Balaban J connectivity index is 1.98. The third-order valence-corrected chi connectivity index (χ3v) is 4.53. The van der Waals surface area contributed by atoms with Gasteiger partial charge in [-0.25, -0.2) is 0 Å². The number of H-pyrrole nitrogens is 1. The Kier molecular flexibility index (Phi) is 4.49. The Morgan fingerprint density at radius 3 is 2.25 bits per heavy atom. The van der Waals surface area contributed by atoms with Crippen molar-refractivity contribution in [2.24, 2.45) is 0 Å². The van der Waals surface area contributed by atoms with Crippen LogP contribution in [0.1, 0.15) is 0 Å². The molecule has 0 fully saturated rings. The first kappa shape index (κ1) is 17.7. The van der Waals surface area contributed by atoms with E-state index in [9.17, 15) is 5.11 Å². The molecule has 0 radical (unpaired) electrons. The quantitative estimate of drug-likeness (QED) is 0.546. The molecular formula is C21H19N3O4. The van der Waals surface area contributed by atoms with E-state index >= 15 is 0 Å². The zero-order chi connectivity index (χ0) is 19.7. The Morgan fingerprint density at radius 1 is 0.857 bits per heavy atom. The fraction of sp³-hybridized carbons (Fsp3) is 0.143. The molecule has 0 bridgehead atoms. The molecule has 0 aliphatic heterocycles. The number of ether oxygens (including phenoxy) is 3. The van der Waals surface area contributed by atoms with Crippen molar-refractivity contribution in [1.82, 2.24) is 15.2 Å². The van der Waals surface area contributed by atoms with Crippen LogP contribution in [0, 0.1) is 0 Å². The summed E-state index contributed by atoms with van der Waals surface area (Å²) in [4.78, 5) is 4.54. The summed E-state index contributed by atoms with van der Waals surface area (Å²) in [5.74, 6) is 1.76. The number of phenolic OH excluding ortho intramolecular Hbond substituents is 1. The van der Waals surface area contributed by atoms with Crippen LogP contribution in [0.2, 0.25) is 0 Å². The van der Waals surface area contributed by atoms with Gasteiger partial charge in [-0.05, 0) is 30.3 Å². The van der Waals surface area contributed by atoms with Crippen LogP contribution in [0.5, 0.6) is 23.0 Å². The zero-order valence-corrected chi connectivity index (χ0v) is 15.7. The van der Waals surface area contributed by atoms with Gasteiger partial charge in [0.25, 0.3) is 0 Å². The Morgan fingerprint density at radius 2 is 1.61 bits per heavy atom. The number of hydrogen-bond donors (Lipinski definition) is 2. The fourth-order valence-electron chi connectivity index (χ4n) is 3.27. The number of benzene rings is 2. The van der Waals surface area contributed by atoms with Gasteiger partial charge in [0.2, 0.25) is 5.75 Å². The van der Waals surface area contributed by atoms with Crippen LogP contribution in [0.4, 0.5) is 0 Å². The second-order valence-electron chi connectivity index (χ2n) is 6.12. The van der Waals surface area contributed by atoms with Crippen LogP contribution in [0.15, 0.2) is 48.7 Å². The van der Waals surface area contributed by atoms with Gasteiger partial charge in [-0.2, -0.15) is 5.10 Å². The first-order chi connectivity index (χ1) is 13.7. The number of aromatic hydroxyl groups is 1. The molecule has 4 aromatic rings. The summed E-state index contributed by atoms with van der Waals surface area (Å²) < 4.78 is 16.3. The Hall–Kier alpha value is -3.74. The zero-order valence-electron chi connectivity index (χ0n) is 15.7. The molecule has 0 saturated carbocycles. The van der Waals surface area contributed by atoms with Crippen molar-refractivity contribution in [3.63, 3.8) is 0 Å². The Bertz CT molecular complexity index is 1130. The molecule has 7 nitrogen and oxygen atoms in total. The van der Waals surface area contributed by atoms with Crippen LogP contribution in [0.3, 0.4) is 0 Å². The van der Waals surface area contributed by atoms with E-state index < -0.39 is 0 Å². The van der Waals surface area contributed by atoms with E-state index in [0.29, 0.717) is 28.6 Å². The van der Waals surface area contributed by atoms with Crippen molar-refractivity contribution in [2.75, 3.05) is 21.3 Å². The van der Waals surface area contributed by atoms with Crippen molar-refractivity contribution >= 4 is 10.9 Å². The molecule has 0 unspecified atom stereocenters. The van der Waals surface area contributed by atoms with Crippen molar-refractivity contribution in [2.45, 2.75) is 0 Å². The topological polar surface area (TPSA) is 89.5 Å². The first-order valence-electron chi connectivity index (χ1n) is 8.59. The first-order valence-corrected chi connectivity index (χ1v) is 8.59. The number of aromatic nitrogens is 3. The number of nitrogens with one attached hydrogen (secondary N) is 1. The smallest absolute Gasteiger partial charge is 0.203 e. The molecule has 0 saturated heterocycles. The minimum atomic E-state index is 0.175. The maximum absolute atomic E-state index is 9.88. The maximum atomic E-state index is 9.88. The number of rotatable bonds is 5. The van der Waals surface area contributed by atoms with Gasteiger partial charge in [0, 0.05) is 17.3 Å². The summed E-state index contributed by atoms with van der Waals surface area (Å²) in [6.07, 6.45) is 1.71. The van der Waals surface area contributed by atoms with E-state index in [1.54, 1.807) is 45.7 Å². The normalized spacial score (nSPS) is 10.8. The van der Waals surface area contributed by atoms with Crippen LogP contribution in [-0.4, -0.2) is 41.6 Å². The van der Waals surface area contributed by atoms with Gasteiger partial charge < -0.3 is 19.3 Å². The summed E-state index contributed by atoms with van der Waals surface area (Å²) in [6.45, 7) is 0. The summed E-state index contributed by atoms with van der Waals surface area (Å²) >= 11 is 0. The second-order valence-corrected chi connectivity index (χ2v) is 6.12. The van der Waals surface area contributed by atoms with E-state index in [2.05, 4.69) is 15.2 Å². The lowest BCUT2D eigenvalue weighted by Gasteiger charge is -2.14. The molecule has 0 spiro atoms. The number of methoxy groups -OCH3 is 3. The van der Waals surface area contributed by atoms with Gasteiger partial charge >= 0.3 is 0 Å². The minimum Gasteiger partial charge on any atom is -0.508 e. The number of pyridine rings is 1. The summed E-state index contributed by atoms with van der Waals surface area (Å²) in [6, 6.07) is 12.5. The average molecular weight is 377 g/mol. The number of hydrogen-bond acceptors (Lipinski definition) is 6. The highest BCUT2D eigenvalue weighted by Gasteiger charge is 2.19. The fourth-order valence-corrected chi connectivity index (χ4v) is 3.27. The second kappa shape index (κ2) is 7.11. The van der Waals surface area contributed by atoms with Gasteiger partial charge in [0.15, 0.2) is 11.5 Å². The van der Waals surface area contributed by atoms with E-state index in [1.807, 2.05) is 24.3 Å². The predicted octanol–water partition coefficient (Wildman–Crippen LogP) is 4.02. The molecule has 0 aliphatic carbocycles. The monoisotopic (exact) mass is 377 g/mol. The van der Waals surface area contributed by atoms with Gasteiger partial charge in [0.1, 0.15) is 11.4 Å². The molecule has 2 heterocycles. The SMILES string of the molecule is COc1cc(-c2n[nH]c3ccnc(-c4cccc(O)c4)c23)cc(OC)c1OC. The van der Waals surface area contributed by atoms with Gasteiger partial charge in [-0.15, -0.1) is 0 Å². The summed E-state index contributed by atoms with van der Waals surface area (Å²) in [7, 11) is 4.71.